The van der Waals surface area contributed by atoms with Crippen molar-refractivity contribution in [1.29, 1.82) is 0 Å². The number of halogens is 3. The highest BCUT2D eigenvalue weighted by Crippen LogP contribution is 2.20. The number of amides is 1. The summed E-state index contributed by atoms with van der Waals surface area (Å²) in [5.41, 5.74) is -0.532. The molecule has 0 aromatic rings. The Bertz CT molecular complexity index is 356. The van der Waals surface area contributed by atoms with Gasteiger partial charge in [-0.25, -0.2) is 4.79 Å². The third-order valence-corrected chi connectivity index (χ3v) is 3.10. The molecule has 2 N–H and O–H groups in total. The van der Waals surface area contributed by atoms with Gasteiger partial charge in [-0.1, -0.05) is 0 Å². The fraction of sp³-hybridized carbons (Fsp3) is 0.929. The van der Waals surface area contributed by atoms with E-state index in [0.29, 0.717) is 6.54 Å². The molecule has 5 nitrogen and oxygen atoms in total. The van der Waals surface area contributed by atoms with E-state index in [0.717, 1.165) is 19.3 Å². The van der Waals surface area contributed by atoms with Crippen LogP contribution in [-0.4, -0.2) is 49.7 Å². The van der Waals surface area contributed by atoms with Crippen LogP contribution in [0, 0.1) is 0 Å². The summed E-state index contributed by atoms with van der Waals surface area (Å²) in [5.74, 6) is 0. The van der Waals surface area contributed by atoms with Crippen LogP contribution in [0.2, 0.25) is 0 Å². The monoisotopic (exact) mass is 326 g/mol. The van der Waals surface area contributed by atoms with Crippen molar-refractivity contribution >= 4 is 6.09 Å². The number of nitrogens with one attached hydrogen (secondary N) is 2. The van der Waals surface area contributed by atoms with E-state index >= 15 is 0 Å². The first-order chi connectivity index (χ1) is 10.1. The summed E-state index contributed by atoms with van der Waals surface area (Å²) in [7, 11) is 0. The zero-order valence-electron chi connectivity index (χ0n) is 13.3. The predicted octanol–water partition coefficient (Wildman–Crippen LogP) is 2.60. The summed E-state index contributed by atoms with van der Waals surface area (Å²) < 4.78 is 45.3. The molecule has 130 valence electrons. The number of rotatable bonds is 6. The molecule has 2 atom stereocenters. The zero-order valence-corrected chi connectivity index (χ0v) is 13.3. The molecule has 0 saturated heterocycles. The fourth-order valence-electron chi connectivity index (χ4n) is 2.30. The van der Waals surface area contributed by atoms with Gasteiger partial charge in [0, 0.05) is 18.6 Å². The molecule has 0 radical (unpaired) electrons. The van der Waals surface area contributed by atoms with Crippen LogP contribution in [0.4, 0.5) is 18.0 Å². The van der Waals surface area contributed by atoms with Gasteiger partial charge in [-0.05, 0) is 40.0 Å². The summed E-state index contributed by atoms with van der Waals surface area (Å²) in [4.78, 5) is 11.6. The second kappa shape index (κ2) is 8.01. The van der Waals surface area contributed by atoms with Crippen molar-refractivity contribution in [3.63, 3.8) is 0 Å². The first-order valence-corrected chi connectivity index (χ1v) is 7.42. The van der Waals surface area contributed by atoms with Crippen molar-refractivity contribution in [3.8, 4) is 0 Å². The van der Waals surface area contributed by atoms with Gasteiger partial charge in [0.2, 0.25) is 0 Å². The van der Waals surface area contributed by atoms with Crippen LogP contribution in [0.5, 0.6) is 0 Å². The molecule has 0 aromatic heterocycles. The molecule has 22 heavy (non-hydrogen) atoms. The number of alkyl carbamates (subject to hydrolysis) is 1. The van der Waals surface area contributed by atoms with Crippen molar-refractivity contribution in [2.75, 3.05) is 19.8 Å². The highest BCUT2D eigenvalue weighted by Gasteiger charge is 2.28. The minimum Gasteiger partial charge on any atom is -0.444 e. The molecule has 0 aliphatic heterocycles. The number of ether oxygens (including phenoxy) is 2. The smallest absolute Gasteiger partial charge is 0.411 e. The van der Waals surface area contributed by atoms with Gasteiger partial charge in [0.25, 0.3) is 0 Å². The normalized spacial score (nSPS) is 22.6. The SMILES string of the molecule is CC(C)(C)OC(=O)NC1CCC(NCCOCC(F)(F)F)C1. The maximum Gasteiger partial charge on any atom is 0.411 e. The third-order valence-electron chi connectivity index (χ3n) is 3.10. The second-order valence-corrected chi connectivity index (χ2v) is 6.48. The number of carbonyl (C=O) groups is 1. The van der Waals surface area contributed by atoms with Gasteiger partial charge in [-0.15, -0.1) is 0 Å². The van der Waals surface area contributed by atoms with Gasteiger partial charge in [0.1, 0.15) is 12.2 Å². The molecule has 1 fully saturated rings. The van der Waals surface area contributed by atoms with E-state index in [1.54, 1.807) is 20.8 Å². The van der Waals surface area contributed by atoms with Gasteiger partial charge in [-0.2, -0.15) is 13.2 Å². The standard InChI is InChI=1S/C14H25F3N2O3/c1-13(2,3)22-12(20)19-11-5-4-10(8-11)18-6-7-21-9-14(15,16)17/h10-11,18H,4-9H2,1-3H3,(H,19,20). The molecular formula is C14H25F3N2O3. The summed E-state index contributed by atoms with van der Waals surface area (Å²) >= 11 is 0. The molecule has 1 aliphatic carbocycles. The Morgan fingerprint density at radius 2 is 1.82 bits per heavy atom. The Kier molecular flexibility index (Phi) is 6.93. The lowest BCUT2D eigenvalue weighted by Crippen LogP contribution is -2.39. The maximum atomic E-state index is 11.9. The number of hydrogen-bond donors (Lipinski definition) is 2. The quantitative estimate of drug-likeness (QED) is 0.737. The largest absolute Gasteiger partial charge is 0.444 e. The lowest BCUT2D eigenvalue weighted by atomic mass is 10.2. The molecule has 1 amide bonds. The Hall–Kier alpha value is -1.02. The van der Waals surface area contributed by atoms with Gasteiger partial charge < -0.3 is 20.1 Å². The predicted molar refractivity (Wildman–Crippen MR) is 75.7 cm³/mol. The Morgan fingerprint density at radius 1 is 1.18 bits per heavy atom. The summed E-state index contributed by atoms with van der Waals surface area (Å²) in [6, 6.07) is 0.206. The Morgan fingerprint density at radius 3 is 2.41 bits per heavy atom. The second-order valence-electron chi connectivity index (χ2n) is 6.48. The maximum absolute atomic E-state index is 11.9. The van der Waals surface area contributed by atoms with E-state index in [-0.39, 0.29) is 18.7 Å². The molecule has 8 heteroatoms. The molecule has 0 spiro atoms. The van der Waals surface area contributed by atoms with E-state index in [4.69, 9.17) is 4.74 Å². The highest BCUT2D eigenvalue weighted by molar-refractivity contribution is 5.68. The van der Waals surface area contributed by atoms with Crippen molar-refractivity contribution < 1.29 is 27.4 Å². The Labute approximate surface area is 128 Å². The summed E-state index contributed by atoms with van der Waals surface area (Å²) in [5, 5.41) is 5.94. The molecule has 0 heterocycles. The van der Waals surface area contributed by atoms with E-state index in [1.165, 1.54) is 0 Å². The zero-order chi connectivity index (χ0) is 16.8. The molecule has 2 unspecified atom stereocenters. The molecule has 1 aliphatic rings. The lowest BCUT2D eigenvalue weighted by molar-refractivity contribution is -0.173. The van der Waals surface area contributed by atoms with Crippen LogP contribution in [-0.2, 0) is 9.47 Å². The van der Waals surface area contributed by atoms with Crippen molar-refractivity contribution in [2.24, 2.45) is 0 Å². The van der Waals surface area contributed by atoms with Gasteiger partial charge in [-0.3, -0.25) is 0 Å². The number of hydrogen-bond acceptors (Lipinski definition) is 4. The van der Waals surface area contributed by atoms with Crippen molar-refractivity contribution in [2.45, 2.75) is 63.9 Å². The van der Waals surface area contributed by atoms with Crippen LogP contribution in [0.1, 0.15) is 40.0 Å². The number of carbonyl (C=O) groups excluding carboxylic acids is 1. The van der Waals surface area contributed by atoms with Crippen LogP contribution in [0.3, 0.4) is 0 Å². The van der Waals surface area contributed by atoms with E-state index in [9.17, 15) is 18.0 Å². The average Bonchev–Trinajstić information content (AvgIpc) is 2.72. The Balaban J connectivity index is 2.12. The lowest BCUT2D eigenvalue weighted by Gasteiger charge is -2.21. The summed E-state index contributed by atoms with van der Waals surface area (Å²) in [6.07, 6.45) is -2.30. The van der Waals surface area contributed by atoms with Crippen LogP contribution >= 0.6 is 0 Å². The van der Waals surface area contributed by atoms with Crippen LogP contribution < -0.4 is 10.6 Å². The van der Waals surface area contributed by atoms with Gasteiger partial charge in [0.05, 0.1) is 6.61 Å². The van der Waals surface area contributed by atoms with E-state index < -0.39 is 24.5 Å². The first-order valence-electron chi connectivity index (χ1n) is 7.42. The van der Waals surface area contributed by atoms with E-state index in [1.807, 2.05) is 0 Å². The third kappa shape index (κ3) is 9.09. The van der Waals surface area contributed by atoms with Gasteiger partial charge in [0.15, 0.2) is 0 Å². The molecule has 0 bridgehead atoms. The topological polar surface area (TPSA) is 59.6 Å². The van der Waals surface area contributed by atoms with E-state index in [2.05, 4.69) is 15.4 Å². The average molecular weight is 326 g/mol. The molecule has 1 saturated carbocycles. The highest BCUT2D eigenvalue weighted by atomic mass is 19.4. The molecule has 0 aromatic carbocycles. The molecule has 1 rings (SSSR count). The van der Waals surface area contributed by atoms with Crippen LogP contribution in [0.25, 0.3) is 0 Å². The number of alkyl halides is 3. The minimum atomic E-state index is -4.28. The van der Waals surface area contributed by atoms with Crippen LogP contribution in [0.15, 0.2) is 0 Å². The van der Waals surface area contributed by atoms with Crippen molar-refractivity contribution in [1.82, 2.24) is 10.6 Å². The summed E-state index contributed by atoms with van der Waals surface area (Å²) in [6.45, 7) is 4.55. The van der Waals surface area contributed by atoms with Crippen molar-refractivity contribution in [3.05, 3.63) is 0 Å². The van der Waals surface area contributed by atoms with Gasteiger partial charge >= 0.3 is 12.3 Å². The fourth-order valence-corrected chi connectivity index (χ4v) is 2.30. The molecular weight excluding hydrogens is 301 g/mol. The first kappa shape index (κ1) is 19.0. The minimum absolute atomic E-state index is 0.0141.